The number of carboxylic acids is 1. The quantitative estimate of drug-likeness (QED) is 0.259. The zero-order chi connectivity index (χ0) is 25.7. The van der Waals surface area contributed by atoms with Gasteiger partial charge < -0.3 is 20.5 Å². The molecule has 4 N–H and O–H groups in total. The molecule has 34 heavy (non-hydrogen) atoms. The number of esters is 1. The molecule has 13 nitrogen and oxygen atoms in total. The van der Waals surface area contributed by atoms with Gasteiger partial charge in [-0.2, -0.15) is 0 Å². The van der Waals surface area contributed by atoms with E-state index in [1.807, 2.05) is 6.92 Å². The van der Waals surface area contributed by atoms with Crippen molar-refractivity contribution < 1.29 is 45.9 Å². The van der Waals surface area contributed by atoms with Gasteiger partial charge in [-0.25, -0.2) is 21.6 Å². The first-order valence-corrected chi connectivity index (χ1v) is 13.9. The van der Waals surface area contributed by atoms with Crippen molar-refractivity contribution in [3.05, 3.63) is 11.6 Å². The zero-order valence-electron chi connectivity index (χ0n) is 18.3. The van der Waals surface area contributed by atoms with Crippen molar-refractivity contribution in [2.75, 3.05) is 19.7 Å². The number of hydrogen-bond acceptors (Lipinski definition) is 11. The van der Waals surface area contributed by atoms with Crippen LogP contribution in [0.3, 0.4) is 0 Å². The number of carbonyl (C=O) groups is 4. The Kier molecular flexibility index (Phi) is 9.15. The van der Waals surface area contributed by atoms with Crippen LogP contribution in [0.2, 0.25) is 0 Å². The van der Waals surface area contributed by atoms with Gasteiger partial charge in [-0.15, -0.1) is 11.3 Å². The third-order valence-corrected chi connectivity index (χ3v) is 10.5. The number of aliphatic carboxylic acids is 1. The van der Waals surface area contributed by atoms with Crippen molar-refractivity contribution in [3.8, 4) is 0 Å². The molecule has 0 radical (unpaired) electrons. The average molecular weight is 540 g/mol. The van der Waals surface area contributed by atoms with Crippen LogP contribution in [0.5, 0.6) is 0 Å². The summed E-state index contributed by atoms with van der Waals surface area (Å²) in [5.41, 5.74) is 0.329. The molecule has 0 bridgehead atoms. The standard InChI is InChI=1S/C18H25N3O10S3/c1-3-19-12-6-10(2)33(27,28)18-11(12)7-17(32-18)34(29,30)21-13(22)8-20-14(23)9-31-16(26)5-4-15(24)25/h7,10,12,19H,3-6,8-9H2,1-2H3,(H,20,23)(H,21,22)(H,24,25)/t10-,12-/m0/s1. The SMILES string of the molecule is CCN[C@H]1C[C@H](C)S(=O)(=O)c2sc(S(=O)(=O)NC(=O)CNC(=O)COC(=O)CCC(=O)O)cc21. The molecule has 190 valence electrons. The molecule has 0 fully saturated rings. The first-order valence-electron chi connectivity index (χ1n) is 10.1. The molecule has 1 aromatic rings. The summed E-state index contributed by atoms with van der Waals surface area (Å²) in [6.45, 7) is 2.39. The molecule has 1 aromatic heterocycles. The van der Waals surface area contributed by atoms with Gasteiger partial charge in [-0.05, 0) is 26.0 Å². The highest BCUT2D eigenvalue weighted by Crippen LogP contribution is 2.42. The van der Waals surface area contributed by atoms with Gasteiger partial charge in [0.25, 0.3) is 21.8 Å². The van der Waals surface area contributed by atoms with Crippen LogP contribution < -0.4 is 15.4 Å². The van der Waals surface area contributed by atoms with Gasteiger partial charge in [0.1, 0.15) is 8.42 Å². The Morgan fingerprint density at radius 2 is 1.88 bits per heavy atom. The number of thiophene rings is 1. The number of sulfone groups is 1. The van der Waals surface area contributed by atoms with Gasteiger partial charge in [0.05, 0.1) is 24.6 Å². The van der Waals surface area contributed by atoms with Gasteiger partial charge in [0.15, 0.2) is 16.4 Å². The first kappa shape index (κ1) is 27.7. The Bertz CT molecular complexity index is 1170. The number of ether oxygens (including phenoxy) is 1. The number of sulfonamides is 1. The third-order valence-electron chi connectivity index (χ3n) is 4.75. The largest absolute Gasteiger partial charge is 0.481 e. The normalized spacial score (nSPS) is 19.0. The Morgan fingerprint density at radius 3 is 2.50 bits per heavy atom. The molecular weight excluding hydrogens is 514 g/mol. The molecule has 1 aliphatic heterocycles. The molecular formula is C18H25N3O10S3. The van der Waals surface area contributed by atoms with Crippen molar-refractivity contribution in [3.63, 3.8) is 0 Å². The fourth-order valence-electron chi connectivity index (χ4n) is 3.06. The Morgan fingerprint density at radius 1 is 1.21 bits per heavy atom. The van der Waals surface area contributed by atoms with E-state index in [9.17, 15) is 36.0 Å². The minimum absolute atomic E-state index is 0.0666. The highest BCUT2D eigenvalue weighted by molar-refractivity contribution is 7.95. The lowest BCUT2D eigenvalue weighted by atomic mass is 10.1. The summed E-state index contributed by atoms with van der Waals surface area (Å²) in [5, 5.41) is 12.9. The van der Waals surface area contributed by atoms with Crippen molar-refractivity contribution >= 4 is 55.0 Å². The number of fused-ring (bicyclic) bond motifs is 1. The van der Waals surface area contributed by atoms with E-state index in [0.29, 0.717) is 23.4 Å². The van der Waals surface area contributed by atoms with Crippen molar-refractivity contribution in [2.24, 2.45) is 0 Å². The van der Waals surface area contributed by atoms with Crippen molar-refractivity contribution in [1.29, 1.82) is 0 Å². The Hall–Kier alpha value is -2.56. The van der Waals surface area contributed by atoms with E-state index in [-0.39, 0.29) is 20.9 Å². The highest BCUT2D eigenvalue weighted by Gasteiger charge is 2.39. The highest BCUT2D eigenvalue weighted by atomic mass is 32.3. The van der Waals surface area contributed by atoms with E-state index < -0.39 is 74.9 Å². The molecule has 0 aromatic carbocycles. The molecule has 16 heteroatoms. The van der Waals surface area contributed by atoms with Gasteiger partial charge in [-0.1, -0.05) is 6.92 Å². The lowest BCUT2D eigenvalue weighted by Crippen LogP contribution is -2.40. The van der Waals surface area contributed by atoms with Gasteiger partial charge in [-0.3, -0.25) is 19.2 Å². The number of rotatable bonds is 11. The predicted molar refractivity (Wildman–Crippen MR) is 118 cm³/mol. The van der Waals surface area contributed by atoms with Crippen molar-refractivity contribution in [1.82, 2.24) is 15.4 Å². The third kappa shape index (κ3) is 6.97. The summed E-state index contributed by atoms with van der Waals surface area (Å²) in [7, 11) is -8.13. The van der Waals surface area contributed by atoms with Gasteiger partial charge in [0.2, 0.25) is 0 Å². The van der Waals surface area contributed by atoms with E-state index in [4.69, 9.17) is 5.11 Å². The fraction of sp³-hybridized carbons (Fsp3) is 0.556. The summed E-state index contributed by atoms with van der Waals surface area (Å²) in [4.78, 5) is 45.3. The second kappa shape index (κ2) is 11.2. The molecule has 2 atom stereocenters. The first-order chi connectivity index (χ1) is 15.8. The lowest BCUT2D eigenvalue weighted by molar-refractivity contribution is -0.150. The number of amides is 2. The van der Waals surface area contributed by atoms with E-state index in [0.717, 1.165) is 0 Å². The second-order valence-corrected chi connectivity index (χ2v) is 12.9. The summed E-state index contributed by atoms with van der Waals surface area (Å²) < 4.78 is 56.5. The van der Waals surface area contributed by atoms with Crippen LogP contribution >= 0.6 is 11.3 Å². The molecule has 2 rings (SSSR count). The minimum atomic E-state index is -4.41. The second-order valence-electron chi connectivity index (χ2n) is 7.37. The summed E-state index contributed by atoms with van der Waals surface area (Å²) in [5.74, 6) is -4.14. The molecule has 1 aliphatic rings. The molecule has 0 saturated carbocycles. The topological polar surface area (TPSA) is 202 Å². The maximum absolute atomic E-state index is 12.7. The Labute approximate surface area is 200 Å². The minimum Gasteiger partial charge on any atom is -0.481 e. The van der Waals surface area contributed by atoms with Crippen LogP contribution in [0.4, 0.5) is 0 Å². The number of nitrogens with one attached hydrogen (secondary N) is 3. The maximum atomic E-state index is 12.7. The van der Waals surface area contributed by atoms with Crippen LogP contribution in [-0.2, 0) is 43.8 Å². The summed E-state index contributed by atoms with van der Waals surface area (Å²) in [6.07, 6.45) is -0.629. The van der Waals surface area contributed by atoms with Crippen LogP contribution in [0, 0.1) is 0 Å². The monoisotopic (exact) mass is 539 g/mol. The van der Waals surface area contributed by atoms with E-state index in [1.54, 1.807) is 11.6 Å². The van der Waals surface area contributed by atoms with E-state index in [2.05, 4.69) is 15.4 Å². The molecule has 0 unspecified atom stereocenters. The number of carboxylic acid groups (broad SMARTS) is 1. The molecule has 0 spiro atoms. The van der Waals surface area contributed by atoms with Crippen LogP contribution in [-0.4, -0.2) is 70.6 Å². The molecule has 2 heterocycles. The van der Waals surface area contributed by atoms with Gasteiger partial charge >= 0.3 is 11.9 Å². The molecule has 0 aliphatic carbocycles. The smallest absolute Gasteiger partial charge is 0.306 e. The zero-order valence-corrected chi connectivity index (χ0v) is 20.8. The van der Waals surface area contributed by atoms with E-state index >= 15 is 0 Å². The number of carbonyl (C=O) groups excluding carboxylic acids is 3. The van der Waals surface area contributed by atoms with E-state index in [1.165, 1.54) is 6.07 Å². The Balaban J connectivity index is 1.99. The fourth-order valence-corrected chi connectivity index (χ4v) is 8.05. The van der Waals surface area contributed by atoms with Crippen LogP contribution in [0.1, 0.15) is 44.7 Å². The molecule has 2 amide bonds. The molecule has 0 saturated heterocycles. The average Bonchev–Trinajstić information content (AvgIpc) is 3.21. The summed E-state index contributed by atoms with van der Waals surface area (Å²) in [6, 6.07) is 0.869. The van der Waals surface area contributed by atoms with Crippen molar-refractivity contribution in [2.45, 2.75) is 52.8 Å². The predicted octanol–water partition coefficient (Wildman–Crippen LogP) is -0.706. The number of hydrogen-bond donors (Lipinski definition) is 4. The lowest BCUT2D eigenvalue weighted by Gasteiger charge is -2.27. The van der Waals surface area contributed by atoms with Gasteiger partial charge in [0, 0.05) is 11.6 Å². The summed E-state index contributed by atoms with van der Waals surface area (Å²) >= 11 is 0.550. The van der Waals surface area contributed by atoms with Crippen LogP contribution in [0.15, 0.2) is 14.5 Å². The van der Waals surface area contributed by atoms with Crippen LogP contribution in [0.25, 0.3) is 0 Å². The maximum Gasteiger partial charge on any atom is 0.306 e.